The molecule has 1 fully saturated rings. The van der Waals surface area contributed by atoms with Crippen LogP contribution in [0.1, 0.15) is 18.9 Å². The van der Waals surface area contributed by atoms with Crippen LogP contribution in [-0.2, 0) is 11.2 Å². The lowest BCUT2D eigenvalue weighted by molar-refractivity contribution is -0.132. The van der Waals surface area contributed by atoms with E-state index >= 15 is 0 Å². The molecular formula is C14H19BrN2O. The lowest BCUT2D eigenvalue weighted by atomic mass is 9.94. The van der Waals surface area contributed by atoms with Gasteiger partial charge in [0.25, 0.3) is 0 Å². The van der Waals surface area contributed by atoms with Crippen molar-refractivity contribution >= 4 is 21.8 Å². The van der Waals surface area contributed by atoms with Crippen molar-refractivity contribution in [3.63, 3.8) is 0 Å². The molecule has 2 atom stereocenters. The molecule has 0 saturated carbocycles. The number of nitrogens with zero attached hydrogens (tertiary/aromatic N) is 1. The number of hydrogen-bond acceptors (Lipinski definition) is 2. The first-order valence-corrected chi connectivity index (χ1v) is 7.13. The highest BCUT2D eigenvalue weighted by Gasteiger charge is 2.26. The molecule has 2 rings (SSSR count). The van der Waals surface area contributed by atoms with Crippen molar-refractivity contribution in [1.29, 1.82) is 0 Å². The fourth-order valence-corrected chi connectivity index (χ4v) is 2.71. The predicted octanol–water partition coefficient (Wildman–Crippen LogP) is 2.19. The highest BCUT2D eigenvalue weighted by atomic mass is 79.9. The number of piperidine rings is 1. The molecule has 1 saturated heterocycles. The van der Waals surface area contributed by atoms with Crippen LogP contribution in [0, 0.1) is 5.92 Å². The van der Waals surface area contributed by atoms with E-state index in [0.717, 1.165) is 23.0 Å². The van der Waals surface area contributed by atoms with Gasteiger partial charge in [-0.15, -0.1) is 0 Å². The van der Waals surface area contributed by atoms with E-state index in [-0.39, 0.29) is 11.9 Å². The van der Waals surface area contributed by atoms with E-state index in [1.807, 2.05) is 29.2 Å². The van der Waals surface area contributed by atoms with Crippen molar-refractivity contribution in [3.05, 3.63) is 34.3 Å². The summed E-state index contributed by atoms with van der Waals surface area (Å²) in [6.45, 7) is 3.68. The number of nitrogens with two attached hydrogens (primary N) is 1. The molecular weight excluding hydrogens is 292 g/mol. The summed E-state index contributed by atoms with van der Waals surface area (Å²) in [5.41, 5.74) is 7.07. The highest BCUT2D eigenvalue weighted by molar-refractivity contribution is 9.10. The molecule has 0 bridgehead atoms. The number of amides is 1. The van der Waals surface area contributed by atoms with Gasteiger partial charge in [-0.1, -0.05) is 35.0 Å². The third-order valence-electron chi connectivity index (χ3n) is 3.61. The molecule has 18 heavy (non-hydrogen) atoms. The zero-order valence-corrected chi connectivity index (χ0v) is 12.2. The minimum atomic E-state index is 0.116. The Labute approximate surface area is 116 Å². The number of rotatable bonds is 2. The molecule has 1 aliphatic heterocycles. The van der Waals surface area contributed by atoms with E-state index in [1.165, 1.54) is 0 Å². The molecule has 2 N–H and O–H groups in total. The Bertz CT molecular complexity index is 436. The largest absolute Gasteiger partial charge is 0.341 e. The summed E-state index contributed by atoms with van der Waals surface area (Å²) in [5, 5.41) is 0. The van der Waals surface area contributed by atoms with Crippen molar-refractivity contribution in [1.82, 2.24) is 4.90 Å². The minimum absolute atomic E-state index is 0.116. The monoisotopic (exact) mass is 310 g/mol. The van der Waals surface area contributed by atoms with Gasteiger partial charge >= 0.3 is 0 Å². The maximum atomic E-state index is 12.2. The molecule has 98 valence electrons. The topological polar surface area (TPSA) is 46.3 Å². The van der Waals surface area contributed by atoms with Crippen LogP contribution in [0.25, 0.3) is 0 Å². The molecule has 2 unspecified atom stereocenters. The Hall–Kier alpha value is -0.870. The number of hydrogen-bond donors (Lipinski definition) is 1. The van der Waals surface area contributed by atoms with E-state index in [4.69, 9.17) is 5.73 Å². The summed E-state index contributed by atoms with van der Waals surface area (Å²) in [6, 6.07) is 8.01. The summed E-state index contributed by atoms with van der Waals surface area (Å²) in [5.74, 6) is 0.690. The Kier molecular flexibility index (Phi) is 4.40. The van der Waals surface area contributed by atoms with Crippen molar-refractivity contribution in [3.8, 4) is 0 Å². The SMILES string of the molecule is CC1CCN(C(=O)Cc2cccc(Br)c2)CC1N. The van der Waals surface area contributed by atoms with Crippen LogP contribution < -0.4 is 5.73 Å². The molecule has 1 amide bonds. The quantitative estimate of drug-likeness (QED) is 0.910. The zero-order valence-electron chi connectivity index (χ0n) is 10.6. The Balaban J connectivity index is 1.96. The summed E-state index contributed by atoms with van der Waals surface area (Å²) in [4.78, 5) is 14.1. The molecule has 0 spiro atoms. The minimum Gasteiger partial charge on any atom is -0.341 e. The van der Waals surface area contributed by atoms with Crippen LogP contribution in [0.5, 0.6) is 0 Å². The van der Waals surface area contributed by atoms with Gasteiger partial charge in [0.15, 0.2) is 0 Å². The first-order chi connectivity index (χ1) is 8.56. The van der Waals surface area contributed by atoms with Gasteiger partial charge in [-0.3, -0.25) is 4.79 Å². The second-order valence-corrected chi connectivity index (χ2v) is 5.99. The van der Waals surface area contributed by atoms with Crippen molar-refractivity contribution in [2.45, 2.75) is 25.8 Å². The van der Waals surface area contributed by atoms with Gasteiger partial charge in [-0.05, 0) is 30.0 Å². The number of benzene rings is 1. The first kappa shape index (κ1) is 13.6. The Morgan fingerprint density at radius 3 is 3.00 bits per heavy atom. The lowest BCUT2D eigenvalue weighted by Gasteiger charge is -2.35. The summed E-state index contributed by atoms with van der Waals surface area (Å²) in [6.07, 6.45) is 1.46. The van der Waals surface area contributed by atoms with Crippen molar-refractivity contribution in [2.75, 3.05) is 13.1 Å². The van der Waals surface area contributed by atoms with E-state index in [0.29, 0.717) is 18.9 Å². The average Bonchev–Trinajstić information content (AvgIpc) is 2.32. The third-order valence-corrected chi connectivity index (χ3v) is 4.11. The van der Waals surface area contributed by atoms with E-state index in [9.17, 15) is 4.79 Å². The van der Waals surface area contributed by atoms with Gasteiger partial charge in [0.05, 0.1) is 6.42 Å². The molecule has 0 radical (unpaired) electrons. The van der Waals surface area contributed by atoms with Crippen LogP contribution in [0.4, 0.5) is 0 Å². The molecule has 1 heterocycles. The van der Waals surface area contributed by atoms with Gasteiger partial charge < -0.3 is 10.6 Å². The molecule has 1 aromatic carbocycles. The number of carbonyl (C=O) groups excluding carboxylic acids is 1. The molecule has 1 aliphatic rings. The van der Waals surface area contributed by atoms with E-state index in [1.54, 1.807) is 0 Å². The predicted molar refractivity (Wildman–Crippen MR) is 76.2 cm³/mol. The lowest BCUT2D eigenvalue weighted by Crippen LogP contribution is -2.50. The number of likely N-dealkylation sites (tertiary alicyclic amines) is 1. The maximum Gasteiger partial charge on any atom is 0.227 e. The van der Waals surface area contributed by atoms with Gasteiger partial charge in [-0.2, -0.15) is 0 Å². The fraction of sp³-hybridized carbons (Fsp3) is 0.500. The Morgan fingerprint density at radius 1 is 1.56 bits per heavy atom. The van der Waals surface area contributed by atoms with Crippen molar-refractivity contribution in [2.24, 2.45) is 11.7 Å². The van der Waals surface area contributed by atoms with E-state index < -0.39 is 0 Å². The highest BCUT2D eigenvalue weighted by Crippen LogP contribution is 2.17. The Morgan fingerprint density at radius 2 is 2.33 bits per heavy atom. The standard InChI is InChI=1S/C14H19BrN2O/c1-10-5-6-17(9-13(10)16)14(18)8-11-3-2-4-12(15)7-11/h2-4,7,10,13H,5-6,8-9,16H2,1H3. The van der Waals surface area contributed by atoms with Crippen LogP contribution in [0.15, 0.2) is 28.7 Å². The second kappa shape index (κ2) is 5.85. The molecule has 0 aromatic heterocycles. The number of halogens is 1. The normalized spacial score (nSPS) is 24.1. The van der Waals surface area contributed by atoms with Gasteiger partial charge in [-0.25, -0.2) is 0 Å². The average molecular weight is 311 g/mol. The summed E-state index contributed by atoms with van der Waals surface area (Å²) >= 11 is 3.42. The second-order valence-electron chi connectivity index (χ2n) is 5.08. The van der Waals surface area contributed by atoms with Crippen LogP contribution in [0.3, 0.4) is 0 Å². The van der Waals surface area contributed by atoms with Crippen LogP contribution >= 0.6 is 15.9 Å². The van der Waals surface area contributed by atoms with Gasteiger partial charge in [0.1, 0.15) is 0 Å². The van der Waals surface area contributed by atoms with Gasteiger partial charge in [0, 0.05) is 23.6 Å². The van der Waals surface area contributed by atoms with Gasteiger partial charge in [0.2, 0.25) is 5.91 Å². The number of carbonyl (C=O) groups is 1. The summed E-state index contributed by atoms with van der Waals surface area (Å²) in [7, 11) is 0. The molecule has 0 aliphatic carbocycles. The maximum absolute atomic E-state index is 12.2. The van der Waals surface area contributed by atoms with Crippen molar-refractivity contribution < 1.29 is 4.79 Å². The smallest absolute Gasteiger partial charge is 0.227 e. The fourth-order valence-electron chi connectivity index (χ4n) is 2.26. The molecule has 4 heteroatoms. The van der Waals surface area contributed by atoms with Crippen LogP contribution in [0.2, 0.25) is 0 Å². The third kappa shape index (κ3) is 3.33. The molecule has 1 aromatic rings. The summed E-state index contributed by atoms with van der Waals surface area (Å²) < 4.78 is 1.01. The molecule has 3 nitrogen and oxygen atoms in total. The first-order valence-electron chi connectivity index (χ1n) is 6.34. The van der Waals surface area contributed by atoms with Crippen LogP contribution in [-0.4, -0.2) is 29.9 Å². The van der Waals surface area contributed by atoms with E-state index in [2.05, 4.69) is 22.9 Å². The zero-order chi connectivity index (χ0) is 13.1.